The molecule has 1 aromatic rings. The van der Waals surface area contributed by atoms with Crippen molar-refractivity contribution < 1.29 is 26.0 Å². The zero-order chi connectivity index (χ0) is 15.4. The number of hydrogen-bond donors (Lipinski definition) is 2. The van der Waals surface area contributed by atoms with E-state index in [4.69, 9.17) is 10.2 Å². The van der Waals surface area contributed by atoms with Gasteiger partial charge in [-0.1, -0.05) is 0 Å². The summed E-state index contributed by atoms with van der Waals surface area (Å²) >= 11 is 0. The predicted molar refractivity (Wildman–Crippen MR) is 66.4 cm³/mol. The van der Waals surface area contributed by atoms with Crippen molar-refractivity contribution in [1.82, 2.24) is 4.72 Å². The zero-order valence-corrected chi connectivity index (χ0v) is 11.8. The molecule has 5 nitrogen and oxygen atoms in total. The summed E-state index contributed by atoms with van der Waals surface area (Å²) in [5.74, 6) is 0.535. The molecule has 0 unspecified atom stereocenters. The fourth-order valence-electron chi connectivity index (χ4n) is 1.63. The minimum Gasteiger partial charge on any atom is -0.464 e. The van der Waals surface area contributed by atoms with E-state index in [9.17, 15) is 21.6 Å². The van der Waals surface area contributed by atoms with Crippen molar-refractivity contribution >= 4 is 10.0 Å². The fraction of sp³-hybridized carbons (Fsp3) is 0.636. The highest BCUT2D eigenvalue weighted by Gasteiger charge is 2.26. The highest BCUT2D eigenvalue weighted by atomic mass is 32.2. The van der Waals surface area contributed by atoms with Crippen LogP contribution in [0.1, 0.15) is 30.8 Å². The lowest BCUT2D eigenvalue weighted by Gasteiger charge is -2.07. The molecule has 0 spiro atoms. The minimum atomic E-state index is -4.21. The van der Waals surface area contributed by atoms with Crippen LogP contribution in [0.4, 0.5) is 13.2 Å². The van der Waals surface area contributed by atoms with Crippen LogP contribution in [-0.2, 0) is 16.6 Å². The number of aryl methyl sites for hydroxylation is 1. The second kappa shape index (κ2) is 6.59. The van der Waals surface area contributed by atoms with Crippen molar-refractivity contribution in [2.45, 2.75) is 43.8 Å². The van der Waals surface area contributed by atoms with Gasteiger partial charge in [0.25, 0.3) is 0 Å². The summed E-state index contributed by atoms with van der Waals surface area (Å²) in [6.45, 7) is 1.50. The first kappa shape index (κ1) is 17.0. The molecule has 0 saturated carbocycles. The molecule has 0 aromatic carbocycles. The second-order valence-corrected chi connectivity index (χ2v) is 6.04. The molecule has 0 atom stereocenters. The van der Waals surface area contributed by atoms with E-state index in [0.29, 0.717) is 5.76 Å². The molecule has 1 heterocycles. The summed E-state index contributed by atoms with van der Waals surface area (Å²) in [6.07, 6.45) is -5.14. The van der Waals surface area contributed by atoms with E-state index in [1.54, 1.807) is 0 Å². The Kier molecular flexibility index (Phi) is 5.60. The van der Waals surface area contributed by atoms with Gasteiger partial charge in [-0.15, -0.1) is 0 Å². The number of sulfonamides is 1. The van der Waals surface area contributed by atoms with E-state index >= 15 is 0 Å². The lowest BCUT2D eigenvalue weighted by molar-refractivity contribution is -0.135. The monoisotopic (exact) mass is 314 g/mol. The number of nitrogens with two attached hydrogens (primary N) is 1. The van der Waals surface area contributed by atoms with E-state index in [-0.39, 0.29) is 36.6 Å². The van der Waals surface area contributed by atoms with Crippen LogP contribution < -0.4 is 10.5 Å². The van der Waals surface area contributed by atoms with E-state index in [1.165, 1.54) is 13.0 Å². The summed E-state index contributed by atoms with van der Waals surface area (Å²) in [5.41, 5.74) is 5.34. The number of unbranched alkanes of at least 4 members (excludes halogenated alkanes) is 1. The quantitative estimate of drug-likeness (QED) is 0.754. The third-order valence-corrected chi connectivity index (χ3v) is 4.16. The molecule has 0 amide bonds. The summed E-state index contributed by atoms with van der Waals surface area (Å²) in [6, 6.07) is 1.31. The zero-order valence-electron chi connectivity index (χ0n) is 11.0. The number of furan rings is 1. The van der Waals surface area contributed by atoms with E-state index < -0.39 is 22.6 Å². The molecular formula is C11H17F3N2O3S. The third-order valence-electron chi connectivity index (χ3n) is 2.59. The summed E-state index contributed by atoms with van der Waals surface area (Å²) in [7, 11) is -3.78. The van der Waals surface area contributed by atoms with Gasteiger partial charge in [0.2, 0.25) is 10.0 Å². The molecule has 116 valence electrons. The molecule has 0 aliphatic carbocycles. The molecule has 0 aliphatic heterocycles. The first-order valence-electron chi connectivity index (χ1n) is 6.01. The lowest BCUT2D eigenvalue weighted by atomic mass is 10.2. The molecule has 0 aliphatic rings. The number of hydrogen-bond acceptors (Lipinski definition) is 4. The first-order chi connectivity index (χ1) is 9.15. The SMILES string of the molecule is Cc1oc(CN)cc1S(=O)(=O)NCCCCC(F)(F)F. The van der Waals surface area contributed by atoms with Crippen LogP contribution in [0, 0.1) is 6.92 Å². The number of rotatable bonds is 7. The maximum absolute atomic E-state index is 11.9. The highest BCUT2D eigenvalue weighted by molar-refractivity contribution is 7.89. The van der Waals surface area contributed by atoms with Crippen molar-refractivity contribution in [2.75, 3.05) is 6.54 Å². The van der Waals surface area contributed by atoms with Crippen LogP contribution in [0.2, 0.25) is 0 Å². The topological polar surface area (TPSA) is 85.3 Å². The van der Waals surface area contributed by atoms with Crippen LogP contribution in [0.25, 0.3) is 0 Å². The molecule has 0 radical (unpaired) electrons. The number of alkyl halides is 3. The standard InChI is InChI=1S/C11H17F3N2O3S/c1-8-10(6-9(7-15)19-8)20(17,18)16-5-3-2-4-11(12,13)14/h6,16H,2-5,7,15H2,1H3. The van der Waals surface area contributed by atoms with Crippen molar-refractivity contribution in [2.24, 2.45) is 5.73 Å². The first-order valence-corrected chi connectivity index (χ1v) is 7.50. The molecule has 1 rings (SSSR count). The Morgan fingerprint density at radius 1 is 1.35 bits per heavy atom. The molecule has 0 saturated heterocycles. The maximum atomic E-state index is 11.9. The predicted octanol–water partition coefficient (Wildman–Crippen LogP) is 2.06. The van der Waals surface area contributed by atoms with Gasteiger partial charge in [-0.2, -0.15) is 13.2 Å². The fourth-order valence-corrected chi connectivity index (χ4v) is 2.90. The largest absolute Gasteiger partial charge is 0.464 e. The van der Waals surface area contributed by atoms with Crippen LogP contribution >= 0.6 is 0 Å². The van der Waals surface area contributed by atoms with Crippen molar-refractivity contribution in [3.8, 4) is 0 Å². The van der Waals surface area contributed by atoms with Crippen LogP contribution in [0.5, 0.6) is 0 Å². The van der Waals surface area contributed by atoms with Crippen molar-refractivity contribution in [3.05, 3.63) is 17.6 Å². The molecule has 0 bridgehead atoms. The third kappa shape index (κ3) is 5.14. The lowest BCUT2D eigenvalue weighted by Crippen LogP contribution is -2.25. The number of nitrogens with one attached hydrogen (secondary N) is 1. The summed E-state index contributed by atoms with van der Waals surface area (Å²) in [5, 5.41) is 0. The smallest absolute Gasteiger partial charge is 0.389 e. The van der Waals surface area contributed by atoms with Gasteiger partial charge in [0.15, 0.2) is 0 Å². The van der Waals surface area contributed by atoms with E-state index in [2.05, 4.69) is 4.72 Å². The van der Waals surface area contributed by atoms with Gasteiger partial charge < -0.3 is 10.2 Å². The van der Waals surface area contributed by atoms with Gasteiger partial charge >= 0.3 is 6.18 Å². The van der Waals surface area contributed by atoms with Gasteiger partial charge in [0.05, 0.1) is 6.54 Å². The van der Waals surface area contributed by atoms with Gasteiger partial charge in [-0.05, 0) is 19.8 Å². The average molecular weight is 314 g/mol. The average Bonchev–Trinajstić information content (AvgIpc) is 2.69. The Balaban J connectivity index is 2.51. The Labute approximate surface area is 115 Å². The summed E-state index contributed by atoms with van der Waals surface area (Å²) in [4.78, 5) is -0.0335. The molecule has 20 heavy (non-hydrogen) atoms. The number of halogens is 3. The van der Waals surface area contributed by atoms with E-state index in [0.717, 1.165) is 0 Å². The molecule has 9 heteroatoms. The van der Waals surface area contributed by atoms with E-state index in [1.807, 2.05) is 0 Å². The maximum Gasteiger partial charge on any atom is 0.389 e. The van der Waals surface area contributed by atoms with Gasteiger partial charge in [-0.25, -0.2) is 13.1 Å². The van der Waals surface area contributed by atoms with Crippen LogP contribution in [0.3, 0.4) is 0 Å². The molecule has 3 N–H and O–H groups in total. The Morgan fingerprint density at radius 2 is 2.00 bits per heavy atom. The Bertz CT molecular complexity index is 538. The van der Waals surface area contributed by atoms with Crippen molar-refractivity contribution in [1.29, 1.82) is 0 Å². The Morgan fingerprint density at radius 3 is 2.50 bits per heavy atom. The minimum absolute atomic E-state index is 0.0335. The Hall–Kier alpha value is -1.06. The normalized spacial score (nSPS) is 12.8. The molecule has 0 fully saturated rings. The second-order valence-electron chi connectivity index (χ2n) is 4.31. The highest BCUT2D eigenvalue weighted by Crippen LogP contribution is 2.22. The van der Waals surface area contributed by atoms with Crippen molar-refractivity contribution in [3.63, 3.8) is 0 Å². The van der Waals surface area contributed by atoms with Crippen LogP contribution in [-0.4, -0.2) is 21.1 Å². The van der Waals surface area contributed by atoms with Gasteiger partial charge in [0, 0.05) is 19.0 Å². The molecule has 1 aromatic heterocycles. The van der Waals surface area contributed by atoms with Gasteiger partial charge in [0.1, 0.15) is 16.4 Å². The molecular weight excluding hydrogens is 297 g/mol. The van der Waals surface area contributed by atoms with Crippen LogP contribution in [0.15, 0.2) is 15.4 Å². The van der Waals surface area contributed by atoms with Gasteiger partial charge in [-0.3, -0.25) is 0 Å². The summed E-state index contributed by atoms with van der Waals surface area (Å²) < 4.78 is 66.9.